The number of nitrogens with zero attached hydrogens (tertiary/aromatic N) is 1. The first kappa shape index (κ1) is 14.5. The maximum Gasteiger partial charge on any atom is 0.243 e. The molecule has 21 heavy (non-hydrogen) atoms. The maximum absolute atomic E-state index is 12.8. The molecule has 0 spiro atoms. The van der Waals surface area contributed by atoms with Crippen LogP contribution in [0.4, 0.5) is 0 Å². The molecule has 0 saturated carbocycles. The first-order chi connectivity index (χ1) is 10.0. The summed E-state index contributed by atoms with van der Waals surface area (Å²) in [5, 5.41) is 0. The predicted octanol–water partition coefficient (Wildman–Crippen LogP) is 2.99. The lowest BCUT2D eigenvalue weighted by Gasteiger charge is -2.26. The van der Waals surface area contributed by atoms with Crippen molar-refractivity contribution in [1.29, 1.82) is 0 Å². The van der Waals surface area contributed by atoms with Crippen molar-refractivity contribution in [2.45, 2.75) is 18.2 Å². The van der Waals surface area contributed by atoms with Gasteiger partial charge in [-0.25, -0.2) is 8.42 Å². The van der Waals surface area contributed by atoms with Crippen LogP contribution in [0.15, 0.2) is 54.0 Å². The van der Waals surface area contributed by atoms with Gasteiger partial charge in [-0.15, -0.1) is 6.58 Å². The second-order valence-electron chi connectivity index (χ2n) is 6.03. The first-order valence-corrected chi connectivity index (χ1v) is 8.82. The quantitative estimate of drug-likeness (QED) is 0.805. The van der Waals surface area contributed by atoms with Gasteiger partial charge in [0.2, 0.25) is 10.0 Å². The molecule has 3 rings (SSSR count). The highest BCUT2D eigenvalue weighted by Gasteiger charge is 2.41. The van der Waals surface area contributed by atoms with Crippen molar-refractivity contribution in [3.05, 3.63) is 54.6 Å². The van der Waals surface area contributed by atoms with Crippen molar-refractivity contribution in [2.75, 3.05) is 13.1 Å². The second-order valence-corrected chi connectivity index (χ2v) is 7.96. The Kier molecular flexibility index (Phi) is 3.76. The maximum atomic E-state index is 12.8. The van der Waals surface area contributed by atoms with Gasteiger partial charge >= 0.3 is 0 Å². The van der Waals surface area contributed by atoms with Gasteiger partial charge in [-0.1, -0.05) is 35.9 Å². The molecule has 0 aromatic heterocycles. The van der Waals surface area contributed by atoms with Gasteiger partial charge in [0.1, 0.15) is 0 Å². The molecule has 1 aromatic rings. The number of hydrogen-bond donors (Lipinski definition) is 0. The summed E-state index contributed by atoms with van der Waals surface area (Å²) in [6.45, 7) is 7.04. The summed E-state index contributed by atoms with van der Waals surface area (Å²) < 4.78 is 27.2. The Hall–Kier alpha value is -1.39. The summed E-state index contributed by atoms with van der Waals surface area (Å²) in [7, 11) is -3.38. The van der Waals surface area contributed by atoms with E-state index in [1.165, 1.54) is 0 Å². The van der Waals surface area contributed by atoms with Crippen molar-refractivity contribution < 1.29 is 8.42 Å². The Morgan fingerprint density at radius 2 is 1.95 bits per heavy atom. The summed E-state index contributed by atoms with van der Waals surface area (Å²) in [5.74, 6) is 1.08. The summed E-state index contributed by atoms with van der Waals surface area (Å²) in [6.07, 6.45) is 7.29. The van der Waals surface area contributed by atoms with Gasteiger partial charge < -0.3 is 0 Å². The summed E-state index contributed by atoms with van der Waals surface area (Å²) in [5.41, 5.74) is 1.07. The van der Waals surface area contributed by atoms with E-state index in [0.717, 1.165) is 12.0 Å². The average Bonchev–Trinajstić information content (AvgIpc) is 2.92. The molecule has 3 atom stereocenters. The van der Waals surface area contributed by atoms with Crippen molar-refractivity contribution in [3.8, 4) is 0 Å². The van der Waals surface area contributed by atoms with E-state index in [1.54, 1.807) is 16.4 Å². The molecule has 1 aliphatic heterocycles. The molecule has 1 aromatic carbocycles. The van der Waals surface area contributed by atoms with E-state index in [-0.39, 0.29) is 0 Å². The van der Waals surface area contributed by atoms with E-state index in [2.05, 4.69) is 18.7 Å². The van der Waals surface area contributed by atoms with Gasteiger partial charge in [-0.05, 0) is 43.2 Å². The highest BCUT2D eigenvalue weighted by atomic mass is 32.2. The molecule has 0 N–H and O–H groups in total. The van der Waals surface area contributed by atoms with Crippen LogP contribution in [0.3, 0.4) is 0 Å². The van der Waals surface area contributed by atoms with Gasteiger partial charge in [0.15, 0.2) is 0 Å². The normalized spacial score (nSPS) is 29.3. The fraction of sp³-hybridized carbons (Fsp3) is 0.412. The Bertz CT molecular complexity index is 661. The number of benzene rings is 1. The zero-order valence-electron chi connectivity index (χ0n) is 12.3. The minimum atomic E-state index is -3.38. The lowest BCUT2D eigenvalue weighted by Crippen LogP contribution is -2.29. The number of rotatable bonds is 3. The number of sulfonamides is 1. The summed E-state index contributed by atoms with van der Waals surface area (Å²) >= 11 is 0. The van der Waals surface area contributed by atoms with Crippen LogP contribution in [0.2, 0.25) is 0 Å². The van der Waals surface area contributed by atoms with E-state index in [4.69, 9.17) is 0 Å². The Labute approximate surface area is 127 Å². The topological polar surface area (TPSA) is 37.4 Å². The number of fused-ring (bicyclic) bond motifs is 1. The molecule has 0 radical (unpaired) electrons. The molecule has 1 saturated heterocycles. The third-order valence-corrected chi connectivity index (χ3v) is 6.53. The fourth-order valence-corrected chi connectivity index (χ4v) is 4.90. The molecule has 1 fully saturated rings. The van der Waals surface area contributed by atoms with Gasteiger partial charge in [-0.3, -0.25) is 0 Å². The molecular formula is C17H21NO2S. The highest BCUT2D eigenvalue weighted by molar-refractivity contribution is 7.89. The molecule has 3 nitrogen and oxygen atoms in total. The van der Waals surface area contributed by atoms with Gasteiger partial charge in [-0.2, -0.15) is 4.31 Å². The smallest absolute Gasteiger partial charge is 0.207 e. The van der Waals surface area contributed by atoms with Crippen LogP contribution in [0.1, 0.15) is 12.0 Å². The monoisotopic (exact) mass is 303 g/mol. The zero-order valence-corrected chi connectivity index (χ0v) is 13.1. The molecular weight excluding hydrogens is 282 g/mol. The van der Waals surface area contributed by atoms with Crippen molar-refractivity contribution in [3.63, 3.8) is 0 Å². The van der Waals surface area contributed by atoms with Crippen LogP contribution in [-0.4, -0.2) is 25.8 Å². The van der Waals surface area contributed by atoms with E-state index in [0.29, 0.717) is 35.7 Å². The van der Waals surface area contributed by atoms with Crippen molar-refractivity contribution in [1.82, 2.24) is 4.31 Å². The number of aryl methyl sites for hydroxylation is 1. The SMILES string of the molecule is C=CC1CC=CC2CN(S(=O)(=O)c3ccc(C)cc3)CC12. The van der Waals surface area contributed by atoms with Gasteiger partial charge in [0.25, 0.3) is 0 Å². The van der Waals surface area contributed by atoms with Crippen LogP contribution in [0.5, 0.6) is 0 Å². The minimum Gasteiger partial charge on any atom is -0.207 e. The largest absolute Gasteiger partial charge is 0.243 e. The lowest BCUT2D eigenvalue weighted by molar-refractivity contribution is 0.351. The van der Waals surface area contributed by atoms with Crippen LogP contribution in [0, 0.1) is 24.7 Å². The average molecular weight is 303 g/mol. The van der Waals surface area contributed by atoms with Crippen LogP contribution < -0.4 is 0 Å². The molecule has 0 bridgehead atoms. The highest BCUT2D eigenvalue weighted by Crippen LogP contribution is 2.38. The van der Waals surface area contributed by atoms with Crippen molar-refractivity contribution in [2.24, 2.45) is 17.8 Å². The Balaban J connectivity index is 1.87. The van der Waals surface area contributed by atoms with Crippen LogP contribution >= 0.6 is 0 Å². The first-order valence-electron chi connectivity index (χ1n) is 7.38. The minimum absolute atomic E-state index is 0.321. The Morgan fingerprint density at radius 1 is 1.24 bits per heavy atom. The van der Waals surface area contributed by atoms with E-state index in [9.17, 15) is 8.42 Å². The molecule has 1 heterocycles. The molecule has 0 amide bonds. The summed E-state index contributed by atoms with van der Waals surface area (Å²) in [4.78, 5) is 0.394. The molecule has 1 aliphatic carbocycles. The predicted molar refractivity (Wildman–Crippen MR) is 84.4 cm³/mol. The zero-order chi connectivity index (χ0) is 15.0. The van der Waals surface area contributed by atoms with E-state index < -0.39 is 10.0 Å². The molecule has 4 heteroatoms. The van der Waals surface area contributed by atoms with E-state index in [1.807, 2.05) is 25.1 Å². The summed E-state index contributed by atoms with van der Waals surface area (Å²) in [6, 6.07) is 7.10. The van der Waals surface area contributed by atoms with Gasteiger partial charge in [0, 0.05) is 13.1 Å². The number of allylic oxidation sites excluding steroid dienone is 2. The van der Waals surface area contributed by atoms with Gasteiger partial charge in [0.05, 0.1) is 4.90 Å². The molecule has 112 valence electrons. The molecule has 2 aliphatic rings. The van der Waals surface area contributed by atoms with Crippen molar-refractivity contribution >= 4 is 10.0 Å². The standard InChI is InChI=1S/C17H21NO2S/c1-3-14-5-4-6-15-11-18(12-17(14)15)21(19,20)16-9-7-13(2)8-10-16/h3-4,6-10,14-15,17H,1,5,11-12H2,2H3. The molecule has 3 unspecified atom stereocenters. The fourth-order valence-electron chi connectivity index (χ4n) is 3.38. The third-order valence-electron chi connectivity index (χ3n) is 4.68. The van der Waals surface area contributed by atoms with Crippen LogP contribution in [-0.2, 0) is 10.0 Å². The van der Waals surface area contributed by atoms with Crippen LogP contribution in [0.25, 0.3) is 0 Å². The Morgan fingerprint density at radius 3 is 2.62 bits per heavy atom. The number of hydrogen-bond acceptors (Lipinski definition) is 2. The third kappa shape index (κ3) is 2.58. The second kappa shape index (κ2) is 5.43. The lowest BCUT2D eigenvalue weighted by atomic mass is 9.78. The van der Waals surface area contributed by atoms with E-state index >= 15 is 0 Å².